The van der Waals surface area contributed by atoms with E-state index in [9.17, 15) is 4.79 Å². The summed E-state index contributed by atoms with van der Waals surface area (Å²) in [6.45, 7) is 0.396. The Balaban J connectivity index is 1.53. The summed E-state index contributed by atoms with van der Waals surface area (Å²) in [5, 5.41) is 1.35. The van der Waals surface area contributed by atoms with Crippen molar-refractivity contribution in [3.05, 3.63) is 70.5 Å². The van der Waals surface area contributed by atoms with E-state index in [0.29, 0.717) is 16.4 Å². The molecule has 0 saturated heterocycles. The predicted molar refractivity (Wildman–Crippen MR) is 104 cm³/mol. The van der Waals surface area contributed by atoms with Crippen LogP contribution < -0.4 is 0 Å². The summed E-state index contributed by atoms with van der Waals surface area (Å²) in [7, 11) is 1.75. The first-order valence-corrected chi connectivity index (χ1v) is 9.21. The number of imidazole rings is 1. The normalized spacial score (nSPS) is 11.0. The lowest BCUT2D eigenvalue weighted by Gasteiger charge is -2.14. The molecular weight excluding hydrogens is 368 g/mol. The van der Waals surface area contributed by atoms with Crippen molar-refractivity contribution in [2.24, 2.45) is 0 Å². The van der Waals surface area contributed by atoms with Gasteiger partial charge in [0.1, 0.15) is 15.7 Å². The number of aromatic nitrogens is 3. The molecule has 2 aromatic heterocycles. The maximum absolute atomic E-state index is 12.7. The maximum atomic E-state index is 12.7. The molecule has 4 aromatic rings. The number of carbonyl (C=O) groups is 1. The number of para-hydroxylation sites is 2. The summed E-state index contributed by atoms with van der Waals surface area (Å²) in [6.07, 6.45) is 1.60. The molecule has 1 N–H and O–H groups in total. The van der Waals surface area contributed by atoms with Crippen LogP contribution in [0.2, 0.25) is 5.02 Å². The van der Waals surface area contributed by atoms with E-state index in [1.54, 1.807) is 18.1 Å². The van der Waals surface area contributed by atoms with Crippen LogP contribution in [0.1, 0.15) is 15.5 Å². The van der Waals surface area contributed by atoms with E-state index in [1.165, 1.54) is 11.3 Å². The van der Waals surface area contributed by atoms with Crippen molar-refractivity contribution in [3.63, 3.8) is 0 Å². The Labute approximate surface area is 159 Å². The first-order chi connectivity index (χ1) is 12.6. The van der Waals surface area contributed by atoms with Crippen molar-refractivity contribution in [2.75, 3.05) is 7.05 Å². The van der Waals surface area contributed by atoms with Crippen molar-refractivity contribution >= 4 is 39.9 Å². The molecule has 0 bridgehead atoms. The number of aromatic amines is 1. The van der Waals surface area contributed by atoms with E-state index in [2.05, 4.69) is 15.0 Å². The van der Waals surface area contributed by atoms with Gasteiger partial charge in [-0.25, -0.2) is 9.97 Å². The average molecular weight is 383 g/mol. The molecule has 2 aromatic carbocycles. The minimum Gasteiger partial charge on any atom is -0.340 e. The number of benzene rings is 2. The van der Waals surface area contributed by atoms with Gasteiger partial charge < -0.3 is 9.88 Å². The Bertz CT molecular complexity index is 1050. The standard InChI is InChI=1S/C19H15ClN4OS/c1-24(11-17-22-14-8-4-5-9-15(14)23-17)19(25)16-10-21-18(26-16)12-6-2-3-7-13(12)20/h2-10H,11H2,1H3,(H,22,23). The van der Waals surface area contributed by atoms with Crippen LogP contribution in [0, 0.1) is 0 Å². The molecule has 26 heavy (non-hydrogen) atoms. The summed E-state index contributed by atoms with van der Waals surface area (Å²) >= 11 is 7.55. The van der Waals surface area contributed by atoms with Crippen molar-refractivity contribution in [3.8, 4) is 10.6 Å². The van der Waals surface area contributed by atoms with Crippen LogP contribution >= 0.6 is 22.9 Å². The van der Waals surface area contributed by atoms with Crippen LogP contribution in [0.5, 0.6) is 0 Å². The highest BCUT2D eigenvalue weighted by Crippen LogP contribution is 2.31. The number of hydrogen-bond acceptors (Lipinski definition) is 4. The van der Waals surface area contributed by atoms with E-state index in [-0.39, 0.29) is 5.91 Å². The highest BCUT2D eigenvalue weighted by molar-refractivity contribution is 7.17. The molecule has 0 aliphatic rings. The summed E-state index contributed by atoms with van der Waals surface area (Å²) in [4.78, 5) is 27.0. The topological polar surface area (TPSA) is 61.9 Å². The lowest BCUT2D eigenvalue weighted by molar-refractivity contribution is 0.0786. The van der Waals surface area contributed by atoms with Crippen molar-refractivity contribution in [1.29, 1.82) is 0 Å². The van der Waals surface area contributed by atoms with Crippen LogP contribution in [0.25, 0.3) is 21.6 Å². The number of H-pyrrole nitrogens is 1. The number of rotatable bonds is 4. The van der Waals surface area contributed by atoms with Gasteiger partial charge in [-0.05, 0) is 18.2 Å². The average Bonchev–Trinajstić information content (AvgIpc) is 3.28. The van der Waals surface area contributed by atoms with Gasteiger partial charge in [-0.15, -0.1) is 11.3 Å². The molecule has 0 aliphatic carbocycles. The molecule has 1 amide bonds. The fraction of sp³-hybridized carbons (Fsp3) is 0.105. The Morgan fingerprint density at radius 2 is 1.96 bits per heavy atom. The fourth-order valence-corrected chi connectivity index (χ4v) is 3.93. The van der Waals surface area contributed by atoms with Gasteiger partial charge in [0.05, 0.1) is 28.8 Å². The molecule has 0 atom stereocenters. The number of halogens is 1. The van der Waals surface area contributed by atoms with E-state index in [4.69, 9.17) is 11.6 Å². The fourth-order valence-electron chi connectivity index (χ4n) is 2.70. The zero-order valence-corrected chi connectivity index (χ0v) is 15.5. The zero-order valence-electron chi connectivity index (χ0n) is 13.9. The molecule has 2 heterocycles. The SMILES string of the molecule is CN(Cc1nc2ccccc2[nH]1)C(=O)c1cnc(-c2ccccc2Cl)s1. The van der Waals surface area contributed by atoms with E-state index >= 15 is 0 Å². The van der Waals surface area contributed by atoms with Crippen molar-refractivity contribution in [2.45, 2.75) is 6.54 Å². The van der Waals surface area contributed by atoms with Gasteiger partial charge in [0, 0.05) is 12.6 Å². The first kappa shape index (κ1) is 16.8. The number of fused-ring (bicyclic) bond motifs is 1. The molecule has 0 aliphatic heterocycles. The minimum atomic E-state index is -0.0961. The second-order valence-corrected chi connectivity index (χ2v) is 7.31. The van der Waals surface area contributed by atoms with Gasteiger partial charge >= 0.3 is 0 Å². The monoisotopic (exact) mass is 382 g/mol. The van der Waals surface area contributed by atoms with E-state index in [0.717, 1.165) is 27.4 Å². The van der Waals surface area contributed by atoms with Gasteiger partial charge in [-0.1, -0.05) is 41.9 Å². The number of nitrogens with zero attached hydrogens (tertiary/aromatic N) is 3. The lowest BCUT2D eigenvalue weighted by Crippen LogP contribution is -2.25. The summed E-state index contributed by atoms with van der Waals surface area (Å²) < 4.78 is 0. The van der Waals surface area contributed by atoms with Gasteiger partial charge in [0.25, 0.3) is 5.91 Å². The molecule has 0 fully saturated rings. The van der Waals surface area contributed by atoms with Gasteiger partial charge in [0.15, 0.2) is 0 Å². The molecule has 130 valence electrons. The second kappa shape index (κ2) is 6.90. The van der Waals surface area contributed by atoms with Gasteiger partial charge in [-0.3, -0.25) is 4.79 Å². The first-order valence-electron chi connectivity index (χ1n) is 8.01. The molecule has 0 radical (unpaired) electrons. The molecule has 0 unspecified atom stereocenters. The van der Waals surface area contributed by atoms with Gasteiger partial charge in [0.2, 0.25) is 0 Å². The van der Waals surface area contributed by atoms with Crippen molar-refractivity contribution in [1.82, 2.24) is 19.9 Å². The van der Waals surface area contributed by atoms with Crippen LogP contribution in [-0.2, 0) is 6.54 Å². The Kier molecular flexibility index (Phi) is 4.44. The van der Waals surface area contributed by atoms with Crippen LogP contribution in [0.15, 0.2) is 54.7 Å². The van der Waals surface area contributed by atoms with Crippen LogP contribution in [-0.4, -0.2) is 32.8 Å². The lowest BCUT2D eigenvalue weighted by atomic mass is 10.2. The van der Waals surface area contributed by atoms with Crippen LogP contribution in [0.3, 0.4) is 0 Å². The largest absolute Gasteiger partial charge is 0.340 e. The van der Waals surface area contributed by atoms with E-state index in [1.807, 2.05) is 48.5 Å². The third kappa shape index (κ3) is 3.21. The zero-order chi connectivity index (χ0) is 18.1. The Morgan fingerprint density at radius 1 is 1.19 bits per heavy atom. The Morgan fingerprint density at radius 3 is 2.77 bits per heavy atom. The predicted octanol–water partition coefficient (Wildman–Crippen LogP) is 4.61. The summed E-state index contributed by atoms with van der Waals surface area (Å²) in [5.74, 6) is 0.652. The third-order valence-electron chi connectivity index (χ3n) is 3.99. The second-order valence-electron chi connectivity index (χ2n) is 5.87. The minimum absolute atomic E-state index is 0.0961. The number of carbonyl (C=O) groups excluding carboxylic acids is 1. The molecule has 5 nitrogen and oxygen atoms in total. The van der Waals surface area contributed by atoms with E-state index < -0.39 is 0 Å². The molecule has 0 spiro atoms. The quantitative estimate of drug-likeness (QED) is 0.560. The highest BCUT2D eigenvalue weighted by atomic mass is 35.5. The van der Waals surface area contributed by atoms with Gasteiger partial charge in [-0.2, -0.15) is 0 Å². The molecule has 0 saturated carbocycles. The number of thiazole rings is 1. The smallest absolute Gasteiger partial charge is 0.265 e. The number of amides is 1. The molecule has 4 rings (SSSR count). The highest BCUT2D eigenvalue weighted by Gasteiger charge is 2.18. The van der Waals surface area contributed by atoms with Crippen LogP contribution in [0.4, 0.5) is 0 Å². The number of nitrogens with one attached hydrogen (secondary N) is 1. The Hall–Kier alpha value is -2.70. The molecular formula is C19H15ClN4OS. The maximum Gasteiger partial charge on any atom is 0.265 e. The molecule has 7 heteroatoms. The number of hydrogen-bond donors (Lipinski definition) is 1. The van der Waals surface area contributed by atoms with Crippen molar-refractivity contribution < 1.29 is 4.79 Å². The summed E-state index contributed by atoms with van der Waals surface area (Å²) in [6, 6.07) is 15.3. The summed E-state index contributed by atoms with van der Waals surface area (Å²) in [5.41, 5.74) is 2.68. The third-order valence-corrected chi connectivity index (χ3v) is 5.34.